The first-order valence-corrected chi connectivity index (χ1v) is 9.15. The van der Waals surface area contributed by atoms with Crippen molar-refractivity contribution in [2.24, 2.45) is 0 Å². The molecule has 0 radical (unpaired) electrons. The van der Waals surface area contributed by atoms with Crippen LogP contribution in [0.1, 0.15) is 15.9 Å². The summed E-state index contributed by atoms with van der Waals surface area (Å²) in [5, 5.41) is 2.88. The average molecular weight is 459 g/mol. The van der Waals surface area contributed by atoms with Crippen LogP contribution >= 0.6 is 22.6 Å². The molecule has 0 bridgehead atoms. The molecule has 5 heteroatoms. The Morgan fingerprint density at radius 1 is 0.962 bits per heavy atom. The highest BCUT2D eigenvalue weighted by Crippen LogP contribution is 2.29. The maximum absolute atomic E-state index is 12.4. The van der Waals surface area contributed by atoms with Gasteiger partial charge in [-0.3, -0.25) is 4.79 Å². The summed E-state index contributed by atoms with van der Waals surface area (Å²) in [7, 11) is 1.56. The molecule has 0 aliphatic carbocycles. The number of nitrogens with one attached hydrogen (secondary N) is 1. The zero-order valence-corrected chi connectivity index (χ0v) is 16.4. The van der Waals surface area contributed by atoms with Gasteiger partial charge in [0, 0.05) is 14.8 Å². The predicted octanol–water partition coefficient (Wildman–Crippen LogP) is 5.13. The highest BCUT2D eigenvalue weighted by atomic mass is 127. The molecular formula is C21H18INO3. The van der Waals surface area contributed by atoms with Crippen molar-refractivity contribution < 1.29 is 14.3 Å². The van der Waals surface area contributed by atoms with E-state index in [1.807, 2.05) is 54.6 Å². The zero-order chi connectivity index (χ0) is 18.4. The Balaban J connectivity index is 1.71. The Labute approximate surface area is 166 Å². The van der Waals surface area contributed by atoms with Crippen molar-refractivity contribution in [3.05, 3.63) is 87.5 Å². The van der Waals surface area contributed by atoms with Crippen LogP contribution in [0.25, 0.3) is 0 Å². The minimum absolute atomic E-state index is 0.195. The zero-order valence-electron chi connectivity index (χ0n) is 14.2. The normalized spacial score (nSPS) is 10.2. The number of benzene rings is 3. The first-order valence-electron chi connectivity index (χ1n) is 8.07. The summed E-state index contributed by atoms with van der Waals surface area (Å²) in [5.74, 6) is 0.928. The molecule has 0 fully saturated rings. The lowest BCUT2D eigenvalue weighted by atomic mass is 10.1. The molecule has 3 rings (SSSR count). The van der Waals surface area contributed by atoms with Crippen molar-refractivity contribution in [1.29, 1.82) is 0 Å². The van der Waals surface area contributed by atoms with Gasteiger partial charge in [0.05, 0.1) is 7.11 Å². The lowest BCUT2D eigenvalue weighted by molar-refractivity contribution is 0.102. The van der Waals surface area contributed by atoms with Crippen molar-refractivity contribution in [1.82, 2.24) is 0 Å². The highest BCUT2D eigenvalue weighted by Gasteiger charge is 2.12. The van der Waals surface area contributed by atoms with E-state index in [9.17, 15) is 4.79 Å². The summed E-state index contributed by atoms with van der Waals surface area (Å²) in [6.45, 7) is 0.436. The minimum Gasteiger partial charge on any atom is -0.493 e. The topological polar surface area (TPSA) is 47.6 Å². The Morgan fingerprint density at radius 3 is 2.38 bits per heavy atom. The molecule has 132 valence electrons. The molecule has 0 unspecified atom stereocenters. The third-order valence-electron chi connectivity index (χ3n) is 3.77. The molecule has 0 aliphatic rings. The molecule has 0 atom stereocenters. The molecule has 3 aromatic rings. The van der Waals surface area contributed by atoms with Crippen molar-refractivity contribution in [2.45, 2.75) is 6.61 Å². The van der Waals surface area contributed by atoms with Crippen LogP contribution in [0.4, 0.5) is 5.69 Å². The maximum atomic E-state index is 12.4. The summed E-state index contributed by atoms with van der Waals surface area (Å²) in [4.78, 5) is 12.4. The molecular weight excluding hydrogens is 441 g/mol. The second-order valence-electron chi connectivity index (χ2n) is 5.60. The smallest absolute Gasteiger partial charge is 0.255 e. The lowest BCUT2D eigenvalue weighted by Gasteiger charge is -2.12. The lowest BCUT2D eigenvalue weighted by Crippen LogP contribution is -2.12. The van der Waals surface area contributed by atoms with Crippen molar-refractivity contribution >= 4 is 34.2 Å². The Morgan fingerprint density at radius 2 is 1.69 bits per heavy atom. The van der Waals surface area contributed by atoms with Crippen LogP contribution in [0.2, 0.25) is 0 Å². The van der Waals surface area contributed by atoms with E-state index >= 15 is 0 Å². The molecule has 0 aliphatic heterocycles. The third-order valence-corrected chi connectivity index (χ3v) is 4.48. The number of hydrogen-bond donors (Lipinski definition) is 1. The third kappa shape index (κ3) is 4.76. The van der Waals surface area contributed by atoms with E-state index < -0.39 is 0 Å². The van der Waals surface area contributed by atoms with Gasteiger partial charge in [0.1, 0.15) is 6.61 Å². The van der Waals surface area contributed by atoms with Gasteiger partial charge in [-0.15, -0.1) is 0 Å². The van der Waals surface area contributed by atoms with Gasteiger partial charge in [-0.1, -0.05) is 30.3 Å². The van der Waals surface area contributed by atoms with Gasteiger partial charge in [-0.05, 0) is 70.6 Å². The molecule has 26 heavy (non-hydrogen) atoms. The Kier molecular flexibility index (Phi) is 6.12. The molecule has 1 N–H and O–H groups in total. The summed E-state index contributed by atoms with van der Waals surface area (Å²) in [6.07, 6.45) is 0. The van der Waals surface area contributed by atoms with Crippen LogP contribution in [0.5, 0.6) is 11.5 Å². The quantitative estimate of drug-likeness (QED) is 0.520. The SMILES string of the molecule is COc1cc(C(=O)Nc2ccc(I)cc2)ccc1OCc1ccccc1. The standard InChI is InChI=1S/C21H18INO3/c1-25-20-13-16(21(24)23-18-10-8-17(22)9-11-18)7-12-19(20)26-14-15-5-3-2-4-6-15/h2-13H,14H2,1H3,(H,23,24). The number of carbonyl (C=O) groups excluding carboxylic acids is 1. The Hall–Kier alpha value is -2.54. The van der Waals surface area contributed by atoms with E-state index in [1.54, 1.807) is 25.3 Å². The molecule has 0 spiro atoms. The largest absolute Gasteiger partial charge is 0.493 e. The van der Waals surface area contributed by atoms with Crippen molar-refractivity contribution in [3.63, 3.8) is 0 Å². The molecule has 4 nitrogen and oxygen atoms in total. The summed E-state index contributed by atoms with van der Waals surface area (Å²) in [5.41, 5.74) is 2.32. The van der Waals surface area contributed by atoms with Gasteiger partial charge in [0.15, 0.2) is 11.5 Å². The molecule has 1 amide bonds. The van der Waals surface area contributed by atoms with Crippen LogP contribution < -0.4 is 14.8 Å². The van der Waals surface area contributed by atoms with Gasteiger partial charge >= 0.3 is 0 Å². The highest BCUT2D eigenvalue weighted by molar-refractivity contribution is 14.1. The minimum atomic E-state index is -0.195. The van der Waals surface area contributed by atoms with Gasteiger partial charge in [-0.25, -0.2) is 0 Å². The average Bonchev–Trinajstić information content (AvgIpc) is 2.68. The first kappa shape index (κ1) is 18.3. The van der Waals surface area contributed by atoms with Crippen molar-refractivity contribution in [3.8, 4) is 11.5 Å². The number of methoxy groups -OCH3 is 1. The summed E-state index contributed by atoms with van der Waals surface area (Å²) >= 11 is 2.22. The predicted molar refractivity (Wildman–Crippen MR) is 111 cm³/mol. The Bertz CT molecular complexity index is 880. The fourth-order valence-corrected chi connectivity index (χ4v) is 2.76. The van der Waals surface area contributed by atoms with Gasteiger partial charge in [0.25, 0.3) is 5.91 Å². The monoisotopic (exact) mass is 459 g/mol. The van der Waals surface area contributed by atoms with Crippen LogP contribution in [-0.2, 0) is 6.61 Å². The number of ether oxygens (including phenoxy) is 2. The molecule has 0 saturated heterocycles. The van der Waals surface area contributed by atoms with Crippen molar-refractivity contribution in [2.75, 3.05) is 12.4 Å². The van der Waals surface area contributed by atoms with Gasteiger partial charge in [0.2, 0.25) is 0 Å². The van der Waals surface area contributed by atoms with Gasteiger partial charge < -0.3 is 14.8 Å². The fraction of sp³-hybridized carbons (Fsp3) is 0.0952. The van der Waals surface area contributed by atoms with E-state index in [4.69, 9.17) is 9.47 Å². The first-order chi connectivity index (χ1) is 12.7. The second-order valence-corrected chi connectivity index (χ2v) is 6.85. The summed E-state index contributed by atoms with van der Waals surface area (Å²) < 4.78 is 12.3. The van der Waals surface area contributed by atoms with E-state index in [-0.39, 0.29) is 5.91 Å². The molecule has 0 heterocycles. The fourth-order valence-electron chi connectivity index (χ4n) is 2.40. The van der Waals surface area contributed by atoms with Crippen LogP contribution in [0.3, 0.4) is 0 Å². The number of rotatable bonds is 6. The number of hydrogen-bond acceptors (Lipinski definition) is 3. The second kappa shape index (κ2) is 8.71. The number of halogens is 1. The van der Waals surface area contributed by atoms with Crippen LogP contribution in [-0.4, -0.2) is 13.0 Å². The number of anilines is 1. The van der Waals surface area contributed by atoms with E-state index in [1.165, 1.54) is 0 Å². The molecule has 3 aromatic carbocycles. The maximum Gasteiger partial charge on any atom is 0.255 e. The van der Waals surface area contributed by atoms with Crippen LogP contribution in [0.15, 0.2) is 72.8 Å². The van der Waals surface area contributed by atoms with E-state index in [2.05, 4.69) is 27.9 Å². The molecule has 0 saturated carbocycles. The van der Waals surface area contributed by atoms with Gasteiger partial charge in [-0.2, -0.15) is 0 Å². The number of amides is 1. The summed E-state index contributed by atoms with van der Waals surface area (Å²) in [6, 6.07) is 22.7. The van der Waals surface area contributed by atoms with E-state index in [0.717, 1.165) is 14.8 Å². The molecule has 0 aromatic heterocycles. The van der Waals surface area contributed by atoms with Crippen LogP contribution in [0, 0.1) is 3.57 Å². The van der Waals surface area contributed by atoms with E-state index in [0.29, 0.717) is 23.7 Å². The number of carbonyl (C=O) groups is 1.